The highest BCUT2D eigenvalue weighted by Crippen LogP contribution is 2.24. The maximum Gasteiger partial charge on any atom is 0.0610 e. The predicted octanol–water partition coefficient (Wildman–Crippen LogP) is 3.03. The van der Waals surface area contributed by atoms with Crippen molar-refractivity contribution in [2.45, 2.75) is 77.3 Å². The van der Waals surface area contributed by atoms with Crippen molar-refractivity contribution in [3.8, 4) is 0 Å². The fourth-order valence-electron chi connectivity index (χ4n) is 3.53. The molecule has 3 nitrogen and oxygen atoms in total. The maximum absolute atomic E-state index is 9.58. The van der Waals surface area contributed by atoms with E-state index in [4.69, 9.17) is 0 Å². The van der Waals surface area contributed by atoms with Crippen LogP contribution < -0.4 is 5.32 Å². The zero-order chi connectivity index (χ0) is 15.0. The Hall–Kier alpha value is -0.120. The molecule has 0 amide bonds. The Balaban J connectivity index is 2.20. The molecule has 1 saturated carbocycles. The molecule has 0 spiro atoms. The van der Waals surface area contributed by atoms with E-state index in [1.807, 2.05) is 0 Å². The summed E-state index contributed by atoms with van der Waals surface area (Å²) in [6.07, 6.45) is 9.34. The number of aliphatic hydroxyl groups excluding tert-OH is 1. The highest BCUT2D eigenvalue weighted by atomic mass is 16.3. The van der Waals surface area contributed by atoms with Gasteiger partial charge in [-0.2, -0.15) is 0 Å². The Bertz CT molecular complexity index is 251. The number of aliphatic hydroxyl groups is 1. The van der Waals surface area contributed by atoms with Crippen LogP contribution in [0.15, 0.2) is 0 Å². The fraction of sp³-hybridized carbons (Fsp3) is 1.00. The Morgan fingerprint density at radius 3 is 2.45 bits per heavy atom. The van der Waals surface area contributed by atoms with Crippen LogP contribution in [0, 0.1) is 5.92 Å². The quantitative estimate of drug-likeness (QED) is 0.683. The summed E-state index contributed by atoms with van der Waals surface area (Å²) in [5, 5.41) is 13.1. The lowest BCUT2D eigenvalue weighted by Gasteiger charge is -2.32. The largest absolute Gasteiger partial charge is 0.394 e. The molecule has 1 aliphatic carbocycles. The van der Waals surface area contributed by atoms with E-state index < -0.39 is 0 Å². The summed E-state index contributed by atoms with van der Waals surface area (Å²) in [5.41, 5.74) is -0.125. The van der Waals surface area contributed by atoms with Crippen molar-refractivity contribution in [2.75, 3.05) is 26.7 Å². The molecule has 1 atom stereocenters. The summed E-state index contributed by atoms with van der Waals surface area (Å²) < 4.78 is 0. The van der Waals surface area contributed by atoms with E-state index in [-0.39, 0.29) is 12.1 Å². The molecule has 0 radical (unpaired) electrons. The van der Waals surface area contributed by atoms with Crippen LogP contribution in [-0.2, 0) is 0 Å². The second-order valence-corrected chi connectivity index (χ2v) is 7.39. The standard InChI is InChI=1S/C17H36N2O/c1-15(2)18-17(3,14-20)11-8-12-19(4)13-16-9-6-5-7-10-16/h15-16,18,20H,5-14H2,1-4H3. The smallest absolute Gasteiger partial charge is 0.0610 e. The lowest BCUT2D eigenvalue weighted by Crippen LogP contribution is -2.49. The lowest BCUT2D eigenvalue weighted by atomic mass is 9.89. The van der Waals surface area contributed by atoms with E-state index in [0.29, 0.717) is 6.04 Å². The Morgan fingerprint density at radius 1 is 1.25 bits per heavy atom. The first-order valence-corrected chi connectivity index (χ1v) is 8.52. The number of nitrogens with zero attached hydrogens (tertiary/aromatic N) is 1. The molecule has 0 bridgehead atoms. The average molecular weight is 284 g/mol. The minimum absolute atomic E-state index is 0.125. The highest BCUT2D eigenvalue weighted by Gasteiger charge is 2.23. The molecular weight excluding hydrogens is 248 g/mol. The molecule has 2 N–H and O–H groups in total. The Labute approximate surface area is 126 Å². The van der Waals surface area contributed by atoms with Gasteiger partial charge in [-0.15, -0.1) is 0 Å². The van der Waals surface area contributed by atoms with Crippen molar-refractivity contribution in [3.05, 3.63) is 0 Å². The van der Waals surface area contributed by atoms with Crippen molar-refractivity contribution in [3.63, 3.8) is 0 Å². The van der Waals surface area contributed by atoms with Gasteiger partial charge in [-0.25, -0.2) is 0 Å². The van der Waals surface area contributed by atoms with Gasteiger partial charge < -0.3 is 15.3 Å². The van der Waals surface area contributed by atoms with Gasteiger partial charge in [-0.3, -0.25) is 0 Å². The fourth-order valence-corrected chi connectivity index (χ4v) is 3.53. The van der Waals surface area contributed by atoms with Gasteiger partial charge in [-0.05, 0) is 52.1 Å². The summed E-state index contributed by atoms with van der Waals surface area (Å²) in [7, 11) is 2.25. The van der Waals surface area contributed by atoms with E-state index in [9.17, 15) is 5.11 Å². The van der Waals surface area contributed by atoms with Crippen LogP contribution in [0.5, 0.6) is 0 Å². The summed E-state index contributed by atoms with van der Waals surface area (Å²) in [6, 6.07) is 0.423. The van der Waals surface area contributed by atoms with Gasteiger partial charge in [0, 0.05) is 18.1 Å². The van der Waals surface area contributed by atoms with E-state index in [2.05, 4.69) is 38.0 Å². The Morgan fingerprint density at radius 2 is 1.90 bits per heavy atom. The van der Waals surface area contributed by atoms with Crippen molar-refractivity contribution in [2.24, 2.45) is 5.92 Å². The van der Waals surface area contributed by atoms with Crippen molar-refractivity contribution < 1.29 is 5.11 Å². The molecular formula is C17H36N2O. The van der Waals surface area contributed by atoms with Gasteiger partial charge in [0.05, 0.1) is 6.61 Å². The van der Waals surface area contributed by atoms with Gasteiger partial charge in [0.1, 0.15) is 0 Å². The minimum Gasteiger partial charge on any atom is -0.394 e. The normalized spacial score (nSPS) is 20.6. The molecule has 3 heteroatoms. The van der Waals surface area contributed by atoms with Gasteiger partial charge in [0.15, 0.2) is 0 Å². The molecule has 120 valence electrons. The average Bonchev–Trinajstić information content (AvgIpc) is 2.39. The first kappa shape index (κ1) is 17.9. The lowest BCUT2D eigenvalue weighted by molar-refractivity contribution is 0.147. The molecule has 0 aliphatic heterocycles. The maximum atomic E-state index is 9.58. The summed E-state index contributed by atoms with van der Waals surface area (Å²) >= 11 is 0. The van der Waals surface area contributed by atoms with Gasteiger partial charge >= 0.3 is 0 Å². The van der Waals surface area contributed by atoms with Crippen molar-refractivity contribution in [1.29, 1.82) is 0 Å². The first-order valence-electron chi connectivity index (χ1n) is 8.52. The van der Waals surface area contributed by atoms with Crippen LogP contribution >= 0.6 is 0 Å². The molecule has 20 heavy (non-hydrogen) atoms. The molecule has 0 aromatic carbocycles. The molecule has 0 heterocycles. The SMILES string of the molecule is CC(C)NC(C)(CO)CCCN(C)CC1CCCCC1. The molecule has 0 aromatic rings. The zero-order valence-corrected chi connectivity index (χ0v) is 14.1. The van der Waals surface area contributed by atoms with Crippen LogP contribution in [-0.4, -0.2) is 48.3 Å². The predicted molar refractivity (Wildman–Crippen MR) is 87.1 cm³/mol. The number of rotatable bonds is 9. The van der Waals surface area contributed by atoms with Gasteiger partial charge in [-0.1, -0.05) is 33.1 Å². The van der Waals surface area contributed by atoms with E-state index in [0.717, 1.165) is 25.3 Å². The minimum atomic E-state index is -0.125. The van der Waals surface area contributed by atoms with Gasteiger partial charge in [0.2, 0.25) is 0 Å². The topological polar surface area (TPSA) is 35.5 Å². The molecule has 1 unspecified atom stereocenters. The molecule has 1 rings (SSSR count). The van der Waals surface area contributed by atoms with Crippen LogP contribution in [0.3, 0.4) is 0 Å². The van der Waals surface area contributed by atoms with E-state index in [1.165, 1.54) is 38.6 Å². The number of nitrogens with one attached hydrogen (secondary N) is 1. The summed E-state index contributed by atoms with van der Waals surface area (Å²) in [4.78, 5) is 2.49. The van der Waals surface area contributed by atoms with Gasteiger partial charge in [0.25, 0.3) is 0 Å². The molecule has 0 saturated heterocycles. The van der Waals surface area contributed by atoms with Crippen LogP contribution in [0.2, 0.25) is 0 Å². The molecule has 1 aliphatic rings. The third-order valence-corrected chi connectivity index (χ3v) is 4.55. The second kappa shape index (κ2) is 9.01. The summed E-state index contributed by atoms with van der Waals surface area (Å²) in [6.45, 7) is 9.04. The Kier molecular flexibility index (Phi) is 8.08. The summed E-state index contributed by atoms with van der Waals surface area (Å²) in [5.74, 6) is 0.923. The third kappa shape index (κ3) is 7.05. The van der Waals surface area contributed by atoms with E-state index in [1.54, 1.807) is 0 Å². The number of hydrogen-bond acceptors (Lipinski definition) is 3. The monoisotopic (exact) mass is 284 g/mol. The third-order valence-electron chi connectivity index (χ3n) is 4.55. The van der Waals surface area contributed by atoms with E-state index >= 15 is 0 Å². The second-order valence-electron chi connectivity index (χ2n) is 7.39. The zero-order valence-electron chi connectivity index (χ0n) is 14.1. The van der Waals surface area contributed by atoms with Crippen molar-refractivity contribution in [1.82, 2.24) is 10.2 Å². The molecule has 0 aromatic heterocycles. The first-order chi connectivity index (χ1) is 9.45. The number of hydrogen-bond donors (Lipinski definition) is 2. The van der Waals surface area contributed by atoms with Crippen molar-refractivity contribution >= 4 is 0 Å². The molecule has 1 fully saturated rings. The van der Waals surface area contributed by atoms with Crippen LogP contribution in [0.25, 0.3) is 0 Å². The van der Waals surface area contributed by atoms with Crippen LogP contribution in [0.4, 0.5) is 0 Å². The van der Waals surface area contributed by atoms with Crippen LogP contribution in [0.1, 0.15) is 65.7 Å². The highest BCUT2D eigenvalue weighted by molar-refractivity contribution is 4.84.